The molecule has 0 unspecified atom stereocenters. The number of carboxylic acids is 1. The Hall–Kier alpha value is -2.73. The van der Waals surface area contributed by atoms with Gasteiger partial charge in [-0.25, -0.2) is 0 Å². The fourth-order valence-electron chi connectivity index (χ4n) is 2.68. The maximum absolute atomic E-state index is 11.5. The number of rotatable bonds is 8. The molecule has 0 amide bonds. The molecule has 2 rings (SSSR count). The molecule has 2 aromatic rings. The van der Waals surface area contributed by atoms with E-state index in [4.69, 9.17) is 0 Å². The SMILES string of the molecule is CC(C)c1ccc(CN[C@H](Cc2ccccc2)C(=O)O)cc1[N+](=O)[O-]. The van der Waals surface area contributed by atoms with Crippen LogP contribution >= 0.6 is 0 Å². The van der Waals surface area contributed by atoms with Crippen molar-refractivity contribution >= 4 is 11.7 Å². The van der Waals surface area contributed by atoms with Gasteiger partial charge >= 0.3 is 5.97 Å². The highest BCUT2D eigenvalue weighted by Crippen LogP contribution is 2.27. The highest BCUT2D eigenvalue weighted by molar-refractivity contribution is 5.73. The summed E-state index contributed by atoms with van der Waals surface area (Å²) in [5.74, 6) is -0.899. The van der Waals surface area contributed by atoms with Crippen LogP contribution < -0.4 is 5.32 Å². The number of nitrogens with zero attached hydrogens (tertiary/aromatic N) is 1. The van der Waals surface area contributed by atoms with Gasteiger partial charge in [0.2, 0.25) is 0 Å². The molecule has 0 aliphatic heterocycles. The summed E-state index contributed by atoms with van der Waals surface area (Å²) in [6.45, 7) is 4.06. The van der Waals surface area contributed by atoms with Crippen LogP contribution in [0, 0.1) is 10.1 Å². The van der Waals surface area contributed by atoms with Crippen molar-refractivity contribution in [2.75, 3.05) is 0 Å². The topological polar surface area (TPSA) is 92.5 Å². The van der Waals surface area contributed by atoms with Gasteiger partial charge in [0.15, 0.2) is 0 Å². The van der Waals surface area contributed by atoms with Gasteiger partial charge < -0.3 is 10.4 Å². The number of carboxylic acid groups (broad SMARTS) is 1. The molecule has 1 atom stereocenters. The summed E-state index contributed by atoms with van der Waals surface area (Å²) >= 11 is 0. The lowest BCUT2D eigenvalue weighted by molar-refractivity contribution is -0.385. The van der Waals surface area contributed by atoms with E-state index in [0.29, 0.717) is 17.5 Å². The molecule has 132 valence electrons. The molecular weight excluding hydrogens is 320 g/mol. The second-order valence-corrected chi connectivity index (χ2v) is 6.27. The molecular formula is C19H22N2O4. The summed E-state index contributed by atoms with van der Waals surface area (Å²) in [4.78, 5) is 22.3. The summed E-state index contributed by atoms with van der Waals surface area (Å²) in [5.41, 5.74) is 2.36. The standard InChI is InChI=1S/C19H22N2O4/c1-13(2)16-9-8-15(11-18(16)21(24)25)12-20-17(19(22)23)10-14-6-4-3-5-7-14/h3-9,11,13,17,20H,10,12H2,1-2H3,(H,22,23)/t17-/m1/s1. The van der Waals surface area contributed by atoms with Crippen molar-refractivity contribution in [2.24, 2.45) is 0 Å². The highest BCUT2D eigenvalue weighted by Gasteiger charge is 2.20. The molecule has 0 aliphatic carbocycles. The summed E-state index contributed by atoms with van der Waals surface area (Å²) in [6, 6.07) is 13.7. The molecule has 6 heteroatoms. The molecule has 0 bridgehead atoms. The molecule has 0 aromatic heterocycles. The van der Waals surface area contributed by atoms with Crippen LogP contribution in [-0.2, 0) is 17.8 Å². The number of nitro groups is 1. The third-order valence-electron chi connectivity index (χ3n) is 4.05. The molecule has 6 nitrogen and oxygen atoms in total. The van der Waals surface area contributed by atoms with E-state index < -0.39 is 16.9 Å². The Bertz CT molecular complexity index is 744. The van der Waals surface area contributed by atoms with Crippen molar-refractivity contribution in [3.05, 3.63) is 75.3 Å². The average Bonchev–Trinajstić information content (AvgIpc) is 2.58. The average molecular weight is 342 g/mol. The fourth-order valence-corrected chi connectivity index (χ4v) is 2.68. The van der Waals surface area contributed by atoms with Crippen LogP contribution in [0.15, 0.2) is 48.5 Å². The number of benzene rings is 2. The van der Waals surface area contributed by atoms with Crippen molar-refractivity contribution in [1.29, 1.82) is 0 Å². The van der Waals surface area contributed by atoms with Crippen molar-refractivity contribution in [1.82, 2.24) is 5.32 Å². The number of carbonyl (C=O) groups is 1. The van der Waals surface area contributed by atoms with Crippen LogP contribution in [0.25, 0.3) is 0 Å². The summed E-state index contributed by atoms with van der Waals surface area (Å²) in [6.07, 6.45) is 0.350. The Morgan fingerprint density at radius 3 is 2.40 bits per heavy atom. The van der Waals surface area contributed by atoms with Gasteiger partial charge in [0.25, 0.3) is 5.69 Å². The van der Waals surface area contributed by atoms with Crippen LogP contribution in [0.3, 0.4) is 0 Å². The lowest BCUT2D eigenvalue weighted by Crippen LogP contribution is -2.38. The molecule has 0 fully saturated rings. The fraction of sp³-hybridized carbons (Fsp3) is 0.316. The summed E-state index contributed by atoms with van der Waals surface area (Å²) in [7, 11) is 0. The van der Waals surface area contributed by atoms with Gasteiger partial charge in [-0.2, -0.15) is 0 Å². The Kier molecular flexibility index (Phi) is 6.25. The molecule has 2 N–H and O–H groups in total. The van der Waals surface area contributed by atoms with E-state index in [0.717, 1.165) is 5.56 Å². The Morgan fingerprint density at radius 1 is 1.16 bits per heavy atom. The summed E-state index contributed by atoms with van der Waals surface area (Å²) in [5, 5.41) is 23.6. The van der Waals surface area contributed by atoms with Crippen LogP contribution in [0.1, 0.15) is 36.5 Å². The maximum Gasteiger partial charge on any atom is 0.321 e. The first-order valence-corrected chi connectivity index (χ1v) is 8.15. The van der Waals surface area contributed by atoms with Gasteiger partial charge in [-0.15, -0.1) is 0 Å². The van der Waals surface area contributed by atoms with Crippen LogP contribution in [0.4, 0.5) is 5.69 Å². The van der Waals surface area contributed by atoms with Crippen LogP contribution in [-0.4, -0.2) is 22.0 Å². The molecule has 25 heavy (non-hydrogen) atoms. The van der Waals surface area contributed by atoms with E-state index in [1.807, 2.05) is 44.2 Å². The third-order valence-corrected chi connectivity index (χ3v) is 4.05. The highest BCUT2D eigenvalue weighted by atomic mass is 16.6. The molecule has 0 radical (unpaired) electrons. The van der Waals surface area contributed by atoms with E-state index in [1.165, 1.54) is 6.07 Å². The minimum atomic E-state index is -0.947. The Balaban J connectivity index is 2.11. The minimum absolute atomic E-state index is 0.0484. The zero-order valence-corrected chi connectivity index (χ0v) is 14.3. The van der Waals surface area contributed by atoms with Gasteiger partial charge in [0.05, 0.1) is 4.92 Å². The Labute approximate surface area is 146 Å². The number of nitrogens with one attached hydrogen (secondary N) is 1. The van der Waals surface area contributed by atoms with E-state index in [-0.39, 0.29) is 18.2 Å². The van der Waals surface area contributed by atoms with Crippen molar-refractivity contribution in [3.63, 3.8) is 0 Å². The number of nitro benzene ring substituents is 1. The van der Waals surface area contributed by atoms with Gasteiger partial charge in [0.1, 0.15) is 6.04 Å². The predicted molar refractivity (Wildman–Crippen MR) is 95.6 cm³/mol. The van der Waals surface area contributed by atoms with Crippen molar-refractivity contribution in [2.45, 2.75) is 38.8 Å². The number of aliphatic carboxylic acids is 1. The second kappa shape index (κ2) is 8.39. The lowest BCUT2D eigenvalue weighted by atomic mass is 9.99. The largest absolute Gasteiger partial charge is 0.480 e. The smallest absolute Gasteiger partial charge is 0.321 e. The minimum Gasteiger partial charge on any atom is -0.480 e. The molecule has 0 heterocycles. The molecule has 0 aliphatic rings. The number of hydrogen-bond donors (Lipinski definition) is 2. The quantitative estimate of drug-likeness (QED) is 0.566. The van der Waals surface area contributed by atoms with E-state index in [1.54, 1.807) is 12.1 Å². The number of hydrogen-bond acceptors (Lipinski definition) is 4. The van der Waals surface area contributed by atoms with Crippen LogP contribution in [0.2, 0.25) is 0 Å². The first kappa shape index (κ1) is 18.6. The zero-order valence-electron chi connectivity index (χ0n) is 14.3. The van der Waals surface area contributed by atoms with Gasteiger partial charge in [-0.3, -0.25) is 14.9 Å². The van der Waals surface area contributed by atoms with E-state index >= 15 is 0 Å². The monoisotopic (exact) mass is 342 g/mol. The lowest BCUT2D eigenvalue weighted by Gasteiger charge is -2.15. The predicted octanol–water partition coefficient (Wildman–Crippen LogP) is 3.50. The normalized spacial score (nSPS) is 12.1. The van der Waals surface area contributed by atoms with Gasteiger partial charge in [-0.05, 0) is 23.5 Å². The van der Waals surface area contributed by atoms with Crippen molar-refractivity contribution in [3.8, 4) is 0 Å². The second-order valence-electron chi connectivity index (χ2n) is 6.27. The molecule has 2 aromatic carbocycles. The maximum atomic E-state index is 11.5. The zero-order chi connectivity index (χ0) is 18.4. The molecule has 0 spiro atoms. The van der Waals surface area contributed by atoms with E-state index in [9.17, 15) is 20.0 Å². The summed E-state index contributed by atoms with van der Waals surface area (Å²) < 4.78 is 0. The Morgan fingerprint density at radius 2 is 1.84 bits per heavy atom. The van der Waals surface area contributed by atoms with Gasteiger partial charge in [0, 0.05) is 18.2 Å². The molecule has 0 saturated carbocycles. The molecule has 0 saturated heterocycles. The van der Waals surface area contributed by atoms with Gasteiger partial charge in [-0.1, -0.05) is 56.3 Å². The first-order valence-electron chi connectivity index (χ1n) is 8.15. The third kappa shape index (κ3) is 5.12. The van der Waals surface area contributed by atoms with E-state index in [2.05, 4.69) is 5.32 Å². The van der Waals surface area contributed by atoms with Crippen molar-refractivity contribution < 1.29 is 14.8 Å². The van der Waals surface area contributed by atoms with Crippen LogP contribution in [0.5, 0.6) is 0 Å². The first-order chi connectivity index (χ1) is 11.9.